The van der Waals surface area contributed by atoms with Crippen LogP contribution in [0.5, 0.6) is 0 Å². The highest BCUT2D eigenvalue weighted by Gasteiger charge is 2.20. The van der Waals surface area contributed by atoms with Crippen LogP contribution in [0.15, 0.2) is 0 Å². The molecule has 2 amide bonds. The fourth-order valence-electron chi connectivity index (χ4n) is 1.25. The largest absolute Gasteiger partial charge is 0.359 e. The number of amides is 2. The van der Waals surface area contributed by atoms with E-state index in [2.05, 4.69) is 5.32 Å². The normalized spacial score (nSPS) is 12.4. The Morgan fingerprint density at radius 3 is 2.38 bits per heavy atom. The van der Waals surface area contributed by atoms with Gasteiger partial charge in [-0.15, -0.1) is 0 Å². The zero-order chi connectivity index (χ0) is 12.7. The monoisotopic (exact) mass is 229 g/mol. The van der Waals surface area contributed by atoms with E-state index in [0.717, 1.165) is 0 Å². The Bertz CT molecular complexity index is 241. The van der Waals surface area contributed by atoms with Gasteiger partial charge in [-0.05, 0) is 12.3 Å². The van der Waals surface area contributed by atoms with Gasteiger partial charge in [0, 0.05) is 27.1 Å². The first-order chi connectivity index (χ1) is 7.40. The van der Waals surface area contributed by atoms with Gasteiger partial charge in [0.05, 0.1) is 6.04 Å². The molecule has 5 heteroatoms. The average Bonchev–Trinajstić information content (AvgIpc) is 2.26. The summed E-state index contributed by atoms with van der Waals surface area (Å²) in [5, 5.41) is 2.54. The number of carbonyl (C=O) groups excluding carboxylic acids is 2. The van der Waals surface area contributed by atoms with Crippen molar-refractivity contribution in [2.45, 2.75) is 32.7 Å². The van der Waals surface area contributed by atoms with E-state index in [-0.39, 0.29) is 17.7 Å². The fourth-order valence-corrected chi connectivity index (χ4v) is 1.25. The molecule has 0 bridgehead atoms. The SMILES string of the molecule is CNC(=O)CCCN(C)C(=O)[C@@H](N)C(C)C. The van der Waals surface area contributed by atoms with E-state index >= 15 is 0 Å². The lowest BCUT2D eigenvalue weighted by Crippen LogP contribution is -2.45. The summed E-state index contributed by atoms with van der Waals surface area (Å²) in [5.74, 6) is 0.0646. The molecule has 0 spiro atoms. The minimum Gasteiger partial charge on any atom is -0.359 e. The number of carbonyl (C=O) groups is 2. The number of nitrogens with two attached hydrogens (primary N) is 1. The minimum absolute atomic E-state index is 0.00555. The van der Waals surface area contributed by atoms with Crippen molar-refractivity contribution < 1.29 is 9.59 Å². The number of hydrogen-bond donors (Lipinski definition) is 2. The van der Waals surface area contributed by atoms with Crippen molar-refractivity contribution in [3.05, 3.63) is 0 Å². The van der Waals surface area contributed by atoms with Crippen LogP contribution in [0.4, 0.5) is 0 Å². The molecule has 0 aromatic carbocycles. The minimum atomic E-state index is -0.454. The van der Waals surface area contributed by atoms with E-state index in [1.54, 1.807) is 19.0 Å². The molecule has 0 aliphatic heterocycles. The van der Waals surface area contributed by atoms with Crippen molar-refractivity contribution in [3.8, 4) is 0 Å². The molecule has 0 saturated carbocycles. The molecular formula is C11H23N3O2. The summed E-state index contributed by atoms with van der Waals surface area (Å²) < 4.78 is 0. The number of likely N-dealkylation sites (N-methyl/N-ethyl adjacent to an activating group) is 1. The molecule has 0 aliphatic rings. The van der Waals surface area contributed by atoms with Gasteiger partial charge >= 0.3 is 0 Å². The predicted molar refractivity (Wildman–Crippen MR) is 63.8 cm³/mol. The summed E-state index contributed by atoms with van der Waals surface area (Å²) in [6, 6.07) is -0.454. The van der Waals surface area contributed by atoms with Crippen LogP contribution in [0.2, 0.25) is 0 Å². The summed E-state index contributed by atoms with van der Waals surface area (Å²) in [7, 11) is 3.32. The van der Waals surface area contributed by atoms with Crippen LogP contribution >= 0.6 is 0 Å². The molecule has 0 saturated heterocycles. The zero-order valence-electron chi connectivity index (χ0n) is 10.6. The smallest absolute Gasteiger partial charge is 0.239 e. The Labute approximate surface area is 97.4 Å². The first-order valence-corrected chi connectivity index (χ1v) is 5.61. The van der Waals surface area contributed by atoms with Gasteiger partial charge in [0.1, 0.15) is 0 Å². The highest BCUT2D eigenvalue weighted by atomic mass is 16.2. The van der Waals surface area contributed by atoms with Gasteiger partial charge in [-0.3, -0.25) is 9.59 Å². The van der Waals surface area contributed by atoms with Crippen molar-refractivity contribution in [2.24, 2.45) is 11.7 Å². The maximum atomic E-state index is 11.7. The summed E-state index contributed by atoms with van der Waals surface area (Å²) >= 11 is 0. The quantitative estimate of drug-likeness (QED) is 0.671. The summed E-state index contributed by atoms with van der Waals surface area (Å²) in [6.07, 6.45) is 1.10. The third-order valence-electron chi connectivity index (χ3n) is 2.56. The third-order valence-corrected chi connectivity index (χ3v) is 2.56. The first kappa shape index (κ1) is 14.9. The van der Waals surface area contributed by atoms with Gasteiger partial charge in [0.15, 0.2) is 0 Å². The maximum Gasteiger partial charge on any atom is 0.239 e. The van der Waals surface area contributed by atoms with Crippen molar-refractivity contribution >= 4 is 11.8 Å². The predicted octanol–water partition coefficient (Wildman–Crippen LogP) is -0.0457. The molecule has 0 fully saturated rings. The highest BCUT2D eigenvalue weighted by molar-refractivity contribution is 5.81. The Balaban J connectivity index is 3.93. The van der Waals surface area contributed by atoms with Gasteiger partial charge < -0.3 is 16.0 Å². The Hall–Kier alpha value is -1.10. The van der Waals surface area contributed by atoms with Crippen LogP contribution in [-0.4, -0.2) is 43.4 Å². The lowest BCUT2D eigenvalue weighted by molar-refractivity contribution is -0.132. The molecule has 0 radical (unpaired) electrons. The van der Waals surface area contributed by atoms with Gasteiger partial charge in [0.25, 0.3) is 0 Å². The van der Waals surface area contributed by atoms with Crippen LogP contribution in [-0.2, 0) is 9.59 Å². The molecule has 5 nitrogen and oxygen atoms in total. The fraction of sp³-hybridized carbons (Fsp3) is 0.818. The lowest BCUT2D eigenvalue weighted by Gasteiger charge is -2.23. The second-order valence-corrected chi connectivity index (χ2v) is 4.31. The number of hydrogen-bond acceptors (Lipinski definition) is 3. The molecule has 0 aromatic heterocycles. The van der Waals surface area contributed by atoms with Gasteiger partial charge in [0.2, 0.25) is 11.8 Å². The Kier molecular flexibility index (Phi) is 6.72. The standard InChI is InChI=1S/C11H23N3O2/c1-8(2)10(12)11(16)14(4)7-5-6-9(15)13-3/h8,10H,5-7,12H2,1-4H3,(H,13,15)/t10-/m0/s1. The first-order valence-electron chi connectivity index (χ1n) is 5.61. The zero-order valence-corrected chi connectivity index (χ0v) is 10.6. The summed E-state index contributed by atoms with van der Waals surface area (Å²) in [4.78, 5) is 24.3. The average molecular weight is 229 g/mol. The van der Waals surface area contributed by atoms with Crippen LogP contribution < -0.4 is 11.1 Å². The Morgan fingerprint density at radius 2 is 1.94 bits per heavy atom. The molecule has 1 atom stereocenters. The van der Waals surface area contributed by atoms with Gasteiger partial charge in [-0.25, -0.2) is 0 Å². The van der Waals surface area contributed by atoms with Crippen LogP contribution in [0.3, 0.4) is 0 Å². The molecule has 16 heavy (non-hydrogen) atoms. The second-order valence-electron chi connectivity index (χ2n) is 4.31. The molecule has 0 aromatic rings. The topological polar surface area (TPSA) is 75.4 Å². The summed E-state index contributed by atoms with van der Waals surface area (Å²) in [6.45, 7) is 4.40. The number of rotatable bonds is 6. The van der Waals surface area contributed by atoms with Gasteiger partial charge in [-0.2, -0.15) is 0 Å². The molecule has 94 valence electrons. The molecule has 0 aliphatic carbocycles. The molecule has 0 rings (SSSR count). The third kappa shape index (κ3) is 5.11. The van der Waals surface area contributed by atoms with Crippen molar-refractivity contribution in [1.82, 2.24) is 10.2 Å². The van der Waals surface area contributed by atoms with E-state index in [9.17, 15) is 9.59 Å². The molecule has 0 unspecified atom stereocenters. The van der Waals surface area contributed by atoms with Gasteiger partial charge in [-0.1, -0.05) is 13.8 Å². The summed E-state index contributed by atoms with van der Waals surface area (Å²) in [5.41, 5.74) is 5.75. The van der Waals surface area contributed by atoms with E-state index in [4.69, 9.17) is 5.73 Å². The Morgan fingerprint density at radius 1 is 1.38 bits per heavy atom. The van der Waals surface area contributed by atoms with E-state index in [1.807, 2.05) is 13.8 Å². The number of nitrogens with zero attached hydrogens (tertiary/aromatic N) is 1. The van der Waals surface area contributed by atoms with E-state index in [1.165, 1.54) is 0 Å². The molecular weight excluding hydrogens is 206 g/mol. The van der Waals surface area contributed by atoms with Crippen LogP contribution in [0.25, 0.3) is 0 Å². The lowest BCUT2D eigenvalue weighted by atomic mass is 10.0. The van der Waals surface area contributed by atoms with E-state index < -0.39 is 6.04 Å². The number of nitrogens with one attached hydrogen (secondary N) is 1. The maximum absolute atomic E-state index is 11.7. The highest BCUT2D eigenvalue weighted by Crippen LogP contribution is 2.03. The second kappa shape index (κ2) is 7.22. The van der Waals surface area contributed by atoms with Crippen LogP contribution in [0.1, 0.15) is 26.7 Å². The van der Waals surface area contributed by atoms with Crippen molar-refractivity contribution in [1.29, 1.82) is 0 Å². The van der Waals surface area contributed by atoms with Crippen molar-refractivity contribution in [3.63, 3.8) is 0 Å². The molecule has 0 heterocycles. The van der Waals surface area contributed by atoms with Crippen molar-refractivity contribution in [2.75, 3.05) is 20.6 Å². The van der Waals surface area contributed by atoms with E-state index in [0.29, 0.717) is 19.4 Å². The molecule has 3 N–H and O–H groups in total. The van der Waals surface area contributed by atoms with Crippen LogP contribution in [0, 0.1) is 5.92 Å².